The number of hydrogen-bond donors (Lipinski definition) is 0. The SMILES string of the molecule is O=S(=O)(/N=C\c1ccccc1COc1ccccc1)c1ccccc1. The van der Waals surface area contributed by atoms with E-state index < -0.39 is 10.0 Å². The molecule has 5 heteroatoms. The quantitative estimate of drug-likeness (QED) is 0.629. The van der Waals surface area contributed by atoms with Gasteiger partial charge >= 0.3 is 0 Å². The Hall–Kier alpha value is -2.92. The minimum absolute atomic E-state index is 0.171. The highest BCUT2D eigenvalue weighted by molar-refractivity contribution is 7.90. The number of benzene rings is 3. The van der Waals surface area contributed by atoms with Crippen LogP contribution in [0.5, 0.6) is 5.75 Å². The lowest BCUT2D eigenvalue weighted by molar-refractivity contribution is 0.306. The summed E-state index contributed by atoms with van der Waals surface area (Å²) >= 11 is 0. The van der Waals surface area contributed by atoms with E-state index >= 15 is 0 Å². The summed E-state index contributed by atoms with van der Waals surface area (Å²) in [5.74, 6) is 0.756. The lowest BCUT2D eigenvalue weighted by Gasteiger charge is -2.08. The molecule has 4 nitrogen and oxygen atoms in total. The first-order valence-corrected chi connectivity index (χ1v) is 9.20. The molecule has 3 rings (SSSR count). The van der Waals surface area contributed by atoms with Gasteiger partial charge in [0.2, 0.25) is 0 Å². The van der Waals surface area contributed by atoms with Crippen LogP contribution in [0.4, 0.5) is 0 Å². The third-order valence-electron chi connectivity index (χ3n) is 3.56. The number of hydrogen-bond acceptors (Lipinski definition) is 3. The molecular formula is C20H17NO3S. The first-order valence-electron chi connectivity index (χ1n) is 7.76. The largest absolute Gasteiger partial charge is 0.489 e. The summed E-state index contributed by atoms with van der Waals surface area (Å²) in [5.41, 5.74) is 1.57. The molecule has 0 aliphatic carbocycles. The van der Waals surface area contributed by atoms with Gasteiger partial charge in [-0.2, -0.15) is 12.8 Å². The smallest absolute Gasteiger partial charge is 0.282 e. The van der Waals surface area contributed by atoms with Crippen molar-refractivity contribution >= 4 is 16.2 Å². The summed E-state index contributed by atoms with van der Waals surface area (Å²) < 4.78 is 34.1. The molecule has 126 valence electrons. The van der Waals surface area contributed by atoms with Crippen molar-refractivity contribution in [1.29, 1.82) is 0 Å². The van der Waals surface area contributed by atoms with Crippen LogP contribution in [-0.4, -0.2) is 14.6 Å². The molecule has 0 aliphatic rings. The summed E-state index contributed by atoms with van der Waals surface area (Å²) in [5, 5.41) is 0. The van der Waals surface area contributed by atoms with Crippen LogP contribution in [0.15, 0.2) is 94.2 Å². The zero-order valence-electron chi connectivity index (χ0n) is 13.4. The fraction of sp³-hybridized carbons (Fsp3) is 0.0500. The molecule has 0 saturated carbocycles. The molecule has 0 unspecified atom stereocenters. The van der Waals surface area contributed by atoms with Crippen molar-refractivity contribution in [3.05, 3.63) is 96.1 Å². The molecule has 0 amide bonds. The van der Waals surface area contributed by atoms with Gasteiger partial charge in [0, 0.05) is 11.8 Å². The monoisotopic (exact) mass is 351 g/mol. The average molecular weight is 351 g/mol. The van der Waals surface area contributed by atoms with Gasteiger partial charge in [-0.3, -0.25) is 0 Å². The zero-order valence-corrected chi connectivity index (χ0v) is 14.3. The fourth-order valence-corrected chi connectivity index (χ4v) is 3.12. The van der Waals surface area contributed by atoms with Crippen LogP contribution in [0.3, 0.4) is 0 Å². The number of ether oxygens (including phenoxy) is 1. The van der Waals surface area contributed by atoms with Crippen molar-refractivity contribution in [1.82, 2.24) is 0 Å². The molecule has 0 aromatic heterocycles. The predicted molar refractivity (Wildman–Crippen MR) is 98.4 cm³/mol. The highest BCUT2D eigenvalue weighted by Crippen LogP contribution is 2.15. The van der Waals surface area contributed by atoms with E-state index in [-0.39, 0.29) is 4.90 Å². The number of sulfonamides is 1. The van der Waals surface area contributed by atoms with Gasteiger partial charge in [-0.25, -0.2) is 0 Å². The standard InChI is InChI=1S/C20H17NO3S/c22-25(23,20-13-5-2-6-14-20)21-15-17-9-7-8-10-18(17)16-24-19-11-3-1-4-12-19/h1-15H,16H2/b21-15-. The van der Waals surface area contributed by atoms with Crippen molar-refractivity contribution in [2.45, 2.75) is 11.5 Å². The van der Waals surface area contributed by atoms with Crippen molar-refractivity contribution in [2.24, 2.45) is 4.40 Å². The van der Waals surface area contributed by atoms with E-state index in [1.54, 1.807) is 18.2 Å². The van der Waals surface area contributed by atoms with Gasteiger partial charge in [-0.1, -0.05) is 60.7 Å². The minimum atomic E-state index is -3.71. The van der Waals surface area contributed by atoms with E-state index in [1.807, 2.05) is 54.6 Å². The Morgan fingerprint density at radius 3 is 2.12 bits per heavy atom. The van der Waals surface area contributed by atoms with E-state index in [2.05, 4.69) is 4.40 Å². The van der Waals surface area contributed by atoms with Gasteiger partial charge in [-0.05, 0) is 29.8 Å². The van der Waals surface area contributed by atoms with Crippen LogP contribution >= 0.6 is 0 Å². The first-order chi connectivity index (χ1) is 12.1. The predicted octanol–water partition coefficient (Wildman–Crippen LogP) is 4.07. The molecule has 0 heterocycles. The number of para-hydroxylation sites is 1. The Labute approximate surface area is 147 Å². The molecule has 0 spiro atoms. The van der Waals surface area contributed by atoms with Crippen LogP contribution in [-0.2, 0) is 16.6 Å². The Morgan fingerprint density at radius 2 is 1.40 bits per heavy atom. The first kappa shape index (κ1) is 16.9. The topological polar surface area (TPSA) is 55.7 Å². The van der Waals surface area contributed by atoms with Crippen molar-refractivity contribution in [3.8, 4) is 5.75 Å². The van der Waals surface area contributed by atoms with Gasteiger partial charge in [0.05, 0.1) is 4.90 Å². The van der Waals surface area contributed by atoms with Crippen LogP contribution < -0.4 is 4.74 Å². The van der Waals surface area contributed by atoms with Crippen molar-refractivity contribution < 1.29 is 13.2 Å². The molecule has 0 aliphatic heterocycles. The zero-order chi connectivity index (χ0) is 17.5. The second-order valence-corrected chi connectivity index (χ2v) is 6.96. The van der Waals surface area contributed by atoms with Gasteiger partial charge in [-0.15, -0.1) is 0 Å². The molecule has 0 N–H and O–H groups in total. The van der Waals surface area contributed by atoms with Crippen LogP contribution in [0.25, 0.3) is 0 Å². The van der Waals surface area contributed by atoms with Gasteiger partial charge in [0.1, 0.15) is 12.4 Å². The van der Waals surface area contributed by atoms with Crippen LogP contribution in [0.2, 0.25) is 0 Å². The summed E-state index contributed by atoms with van der Waals surface area (Å²) in [6, 6.07) is 25.0. The lowest BCUT2D eigenvalue weighted by Crippen LogP contribution is -2.02. The van der Waals surface area contributed by atoms with E-state index in [0.717, 1.165) is 11.3 Å². The number of nitrogens with zero attached hydrogens (tertiary/aromatic N) is 1. The van der Waals surface area contributed by atoms with Crippen LogP contribution in [0, 0.1) is 0 Å². The second-order valence-electron chi connectivity index (χ2n) is 5.32. The Balaban J connectivity index is 1.79. The molecule has 0 bridgehead atoms. The highest BCUT2D eigenvalue weighted by atomic mass is 32.2. The van der Waals surface area contributed by atoms with Crippen molar-refractivity contribution in [2.75, 3.05) is 0 Å². The molecule has 3 aromatic carbocycles. The van der Waals surface area contributed by atoms with E-state index in [9.17, 15) is 8.42 Å². The second kappa shape index (κ2) is 7.77. The van der Waals surface area contributed by atoms with Crippen LogP contribution in [0.1, 0.15) is 11.1 Å². The summed E-state index contributed by atoms with van der Waals surface area (Å²) in [6.07, 6.45) is 1.37. The normalized spacial score (nSPS) is 11.5. The molecule has 0 atom stereocenters. The van der Waals surface area contributed by atoms with Gasteiger partial charge in [0.15, 0.2) is 0 Å². The maximum absolute atomic E-state index is 12.3. The van der Waals surface area contributed by atoms with Gasteiger partial charge < -0.3 is 4.74 Å². The Kier molecular flexibility index (Phi) is 5.26. The highest BCUT2D eigenvalue weighted by Gasteiger charge is 2.11. The molecule has 0 radical (unpaired) electrons. The lowest BCUT2D eigenvalue weighted by atomic mass is 10.1. The average Bonchev–Trinajstić information content (AvgIpc) is 2.67. The fourth-order valence-electron chi connectivity index (χ4n) is 2.25. The maximum Gasteiger partial charge on any atom is 0.282 e. The minimum Gasteiger partial charge on any atom is -0.489 e. The molecule has 25 heavy (non-hydrogen) atoms. The summed E-state index contributed by atoms with van der Waals surface area (Å²) in [6.45, 7) is 0.331. The Morgan fingerprint density at radius 1 is 0.800 bits per heavy atom. The molecular weight excluding hydrogens is 334 g/mol. The van der Waals surface area contributed by atoms with E-state index in [1.165, 1.54) is 18.3 Å². The van der Waals surface area contributed by atoms with Crippen molar-refractivity contribution in [3.63, 3.8) is 0 Å². The summed E-state index contributed by atoms with van der Waals surface area (Å²) in [4.78, 5) is 0.171. The van der Waals surface area contributed by atoms with E-state index in [0.29, 0.717) is 12.2 Å². The maximum atomic E-state index is 12.3. The molecule has 0 saturated heterocycles. The number of rotatable bonds is 6. The Bertz CT molecular complexity index is 953. The summed E-state index contributed by atoms with van der Waals surface area (Å²) in [7, 11) is -3.71. The third-order valence-corrected chi connectivity index (χ3v) is 4.82. The molecule has 0 fully saturated rings. The van der Waals surface area contributed by atoms with Gasteiger partial charge in [0.25, 0.3) is 10.0 Å². The third kappa shape index (κ3) is 4.55. The molecule has 3 aromatic rings. The van der Waals surface area contributed by atoms with E-state index in [4.69, 9.17) is 4.74 Å².